The van der Waals surface area contributed by atoms with Crippen LogP contribution in [0.1, 0.15) is 5.56 Å². The number of hydrogen-bond donors (Lipinski definition) is 1. The Balaban J connectivity index is 2.28. The fraction of sp³-hybridized carbons (Fsp3) is 0.333. The number of benzene rings is 1. The molecule has 0 saturated carbocycles. The molecule has 11 heavy (non-hydrogen) atoms. The highest BCUT2D eigenvalue weighted by Crippen LogP contribution is 2.10. The number of rotatable bonds is 4. The summed E-state index contributed by atoms with van der Waals surface area (Å²) in [6.07, 6.45) is 0. The van der Waals surface area contributed by atoms with E-state index in [0.29, 0.717) is 0 Å². The van der Waals surface area contributed by atoms with Crippen LogP contribution < -0.4 is 0 Å². The largest absolute Gasteiger partial charge is 0.396 e. The second-order valence-electron chi connectivity index (χ2n) is 2.26. The predicted octanol–water partition coefficient (Wildman–Crippen LogP) is 1.91. The lowest BCUT2D eigenvalue weighted by Gasteiger charge is -1.98. The first-order chi connectivity index (χ1) is 5.43. The van der Waals surface area contributed by atoms with Crippen LogP contribution in [0.25, 0.3) is 0 Å². The summed E-state index contributed by atoms with van der Waals surface area (Å²) in [6.45, 7) is 0.275. The molecule has 0 aliphatic heterocycles. The Hall–Kier alpha value is -0.470. The summed E-state index contributed by atoms with van der Waals surface area (Å²) >= 11 is 1.76. The highest BCUT2D eigenvalue weighted by atomic mass is 32.2. The smallest absolute Gasteiger partial charge is 0.0521 e. The molecule has 0 heterocycles. The summed E-state index contributed by atoms with van der Waals surface area (Å²) in [5, 5.41) is 8.52. The minimum absolute atomic E-state index is 0.275. The van der Waals surface area contributed by atoms with Crippen molar-refractivity contribution in [2.45, 2.75) is 5.75 Å². The predicted molar refractivity (Wildman–Crippen MR) is 49.7 cm³/mol. The van der Waals surface area contributed by atoms with Gasteiger partial charge >= 0.3 is 0 Å². The van der Waals surface area contributed by atoms with Crippen LogP contribution in [0.5, 0.6) is 0 Å². The molecular formula is C9H12OS. The molecule has 1 rings (SSSR count). The van der Waals surface area contributed by atoms with E-state index in [1.165, 1.54) is 5.56 Å². The maximum Gasteiger partial charge on any atom is 0.0521 e. The van der Waals surface area contributed by atoms with Crippen molar-refractivity contribution in [3.8, 4) is 0 Å². The van der Waals surface area contributed by atoms with Gasteiger partial charge in [0.05, 0.1) is 6.61 Å². The van der Waals surface area contributed by atoms with Crippen LogP contribution in [0.15, 0.2) is 30.3 Å². The first-order valence-electron chi connectivity index (χ1n) is 3.66. The van der Waals surface area contributed by atoms with Crippen LogP contribution in [-0.4, -0.2) is 17.5 Å². The van der Waals surface area contributed by atoms with E-state index in [4.69, 9.17) is 5.11 Å². The average Bonchev–Trinajstić information content (AvgIpc) is 2.07. The standard InChI is InChI=1S/C9H12OS/c10-6-7-11-8-9-4-2-1-3-5-9/h1-5,10H,6-8H2. The number of aliphatic hydroxyl groups is 1. The van der Waals surface area contributed by atoms with Crippen LogP contribution in [0.2, 0.25) is 0 Å². The first kappa shape index (κ1) is 8.62. The maximum absolute atomic E-state index is 8.52. The van der Waals surface area contributed by atoms with E-state index < -0.39 is 0 Å². The van der Waals surface area contributed by atoms with Crippen molar-refractivity contribution in [1.29, 1.82) is 0 Å². The van der Waals surface area contributed by atoms with Crippen molar-refractivity contribution in [3.05, 3.63) is 35.9 Å². The van der Waals surface area contributed by atoms with Gasteiger partial charge in [-0.25, -0.2) is 0 Å². The molecule has 0 unspecified atom stereocenters. The normalized spacial score (nSPS) is 9.91. The fourth-order valence-electron chi connectivity index (χ4n) is 0.829. The van der Waals surface area contributed by atoms with Gasteiger partial charge in [0.25, 0.3) is 0 Å². The maximum atomic E-state index is 8.52. The lowest BCUT2D eigenvalue weighted by Crippen LogP contribution is -1.87. The van der Waals surface area contributed by atoms with Crippen molar-refractivity contribution in [3.63, 3.8) is 0 Å². The van der Waals surface area contributed by atoms with Crippen molar-refractivity contribution in [2.75, 3.05) is 12.4 Å². The molecule has 1 N–H and O–H groups in total. The zero-order chi connectivity index (χ0) is 7.94. The molecule has 0 amide bonds. The Morgan fingerprint density at radius 1 is 1.18 bits per heavy atom. The fourth-order valence-corrected chi connectivity index (χ4v) is 1.53. The van der Waals surface area contributed by atoms with E-state index in [1.54, 1.807) is 11.8 Å². The highest BCUT2D eigenvalue weighted by molar-refractivity contribution is 7.98. The molecule has 0 aliphatic carbocycles. The molecule has 0 saturated heterocycles. The number of hydrogen-bond acceptors (Lipinski definition) is 2. The minimum atomic E-state index is 0.275. The second-order valence-corrected chi connectivity index (χ2v) is 3.37. The number of aliphatic hydroxyl groups excluding tert-OH is 1. The van der Waals surface area contributed by atoms with Gasteiger partial charge in [-0.1, -0.05) is 30.3 Å². The van der Waals surface area contributed by atoms with Gasteiger partial charge in [-0.3, -0.25) is 0 Å². The van der Waals surface area contributed by atoms with E-state index in [1.807, 2.05) is 18.2 Å². The minimum Gasteiger partial charge on any atom is -0.396 e. The Kier molecular flexibility index (Phi) is 4.09. The van der Waals surface area contributed by atoms with E-state index in [2.05, 4.69) is 12.1 Å². The van der Waals surface area contributed by atoms with Gasteiger partial charge < -0.3 is 5.11 Å². The molecule has 0 bridgehead atoms. The summed E-state index contributed by atoms with van der Waals surface area (Å²) in [5.74, 6) is 1.83. The van der Waals surface area contributed by atoms with Crippen LogP contribution in [0, 0.1) is 0 Å². The lowest BCUT2D eigenvalue weighted by atomic mass is 10.2. The van der Waals surface area contributed by atoms with Crippen LogP contribution in [-0.2, 0) is 5.75 Å². The Morgan fingerprint density at radius 3 is 2.55 bits per heavy atom. The molecule has 0 aromatic heterocycles. The molecule has 1 aromatic rings. The van der Waals surface area contributed by atoms with Crippen molar-refractivity contribution >= 4 is 11.8 Å². The average molecular weight is 168 g/mol. The third-order valence-electron chi connectivity index (χ3n) is 1.35. The van der Waals surface area contributed by atoms with Crippen molar-refractivity contribution in [1.82, 2.24) is 0 Å². The Bertz CT molecular complexity index is 186. The van der Waals surface area contributed by atoms with Gasteiger partial charge in [-0.15, -0.1) is 0 Å². The second kappa shape index (κ2) is 5.22. The van der Waals surface area contributed by atoms with Gasteiger partial charge in [-0.2, -0.15) is 11.8 Å². The van der Waals surface area contributed by atoms with E-state index in [-0.39, 0.29) is 6.61 Å². The van der Waals surface area contributed by atoms with Crippen LogP contribution in [0.4, 0.5) is 0 Å². The molecule has 0 spiro atoms. The molecule has 0 atom stereocenters. The Morgan fingerprint density at radius 2 is 1.91 bits per heavy atom. The van der Waals surface area contributed by atoms with Gasteiger partial charge in [0.2, 0.25) is 0 Å². The van der Waals surface area contributed by atoms with Crippen molar-refractivity contribution < 1.29 is 5.11 Å². The molecule has 60 valence electrons. The van der Waals surface area contributed by atoms with Crippen molar-refractivity contribution in [2.24, 2.45) is 0 Å². The molecule has 0 radical (unpaired) electrons. The SMILES string of the molecule is OCCSCc1ccccc1. The molecular weight excluding hydrogens is 156 g/mol. The van der Waals surface area contributed by atoms with Gasteiger partial charge in [-0.05, 0) is 5.56 Å². The third-order valence-corrected chi connectivity index (χ3v) is 2.36. The topological polar surface area (TPSA) is 20.2 Å². The van der Waals surface area contributed by atoms with Crippen LogP contribution >= 0.6 is 11.8 Å². The summed E-state index contributed by atoms with van der Waals surface area (Å²) in [6, 6.07) is 10.3. The lowest BCUT2D eigenvalue weighted by molar-refractivity contribution is 0.322. The van der Waals surface area contributed by atoms with E-state index in [9.17, 15) is 0 Å². The van der Waals surface area contributed by atoms with Gasteiger partial charge in [0.1, 0.15) is 0 Å². The summed E-state index contributed by atoms with van der Waals surface area (Å²) in [7, 11) is 0. The van der Waals surface area contributed by atoms with Crippen LogP contribution in [0.3, 0.4) is 0 Å². The number of thioether (sulfide) groups is 1. The summed E-state index contributed by atoms with van der Waals surface area (Å²) < 4.78 is 0. The summed E-state index contributed by atoms with van der Waals surface area (Å²) in [5.41, 5.74) is 1.32. The quantitative estimate of drug-likeness (QED) is 0.693. The Labute approximate surface area is 71.4 Å². The molecule has 0 fully saturated rings. The van der Waals surface area contributed by atoms with E-state index >= 15 is 0 Å². The highest BCUT2D eigenvalue weighted by Gasteiger charge is 1.89. The summed E-state index contributed by atoms with van der Waals surface area (Å²) in [4.78, 5) is 0. The monoisotopic (exact) mass is 168 g/mol. The van der Waals surface area contributed by atoms with Gasteiger partial charge in [0.15, 0.2) is 0 Å². The molecule has 1 nitrogen and oxygen atoms in total. The zero-order valence-electron chi connectivity index (χ0n) is 6.36. The molecule has 1 aromatic carbocycles. The molecule has 2 heteroatoms. The van der Waals surface area contributed by atoms with Gasteiger partial charge in [0, 0.05) is 11.5 Å². The third kappa shape index (κ3) is 3.44. The molecule has 0 aliphatic rings. The first-order valence-corrected chi connectivity index (χ1v) is 4.81. The zero-order valence-corrected chi connectivity index (χ0v) is 7.18. The van der Waals surface area contributed by atoms with E-state index in [0.717, 1.165) is 11.5 Å².